The zero-order valence-electron chi connectivity index (χ0n) is 11.1. The van der Waals surface area contributed by atoms with Crippen molar-refractivity contribution in [3.05, 3.63) is 64.8 Å². The van der Waals surface area contributed by atoms with Crippen molar-refractivity contribution >= 4 is 23.2 Å². The van der Waals surface area contributed by atoms with Crippen LogP contribution in [0.3, 0.4) is 0 Å². The SMILES string of the molecule is Oc1c(-c2cccnc2)cc(-c2cc(Cl)ccc2F)nc1Cl. The predicted molar refractivity (Wildman–Crippen MR) is 84.5 cm³/mol. The van der Waals surface area contributed by atoms with Crippen molar-refractivity contribution in [2.24, 2.45) is 0 Å². The van der Waals surface area contributed by atoms with Gasteiger partial charge in [0.05, 0.1) is 5.69 Å². The van der Waals surface area contributed by atoms with Gasteiger partial charge in [-0.15, -0.1) is 0 Å². The number of benzene rings is 1. The Morgan fingerprint density at radius 1 is 1.05 bits per heavy atom. The van der Waals surface area contributed by atoms with Gasteiger partial charge >= 0.3 is 0 Å². The summed E-state index contributed by atoms with van der Waals surface area (Å²) in [5.74, 6) is -0.656. The Morgan fingerprint density at radius 2 is 1.86 bits per heavy atom. The smallest absolute Gasteiger partial charge is 0.172 e. The van der Waals surface area contributed by atoms with Crippen molar-refractivity contribution < 1.29 is 9.50 Å². The fraction of sp³-hybridized carbons (Fsp3) is 0. The molecule has 0 spiro atoms. The molecule has 2 aromatic heterocycles. The van der Waals surface area contributed by atoms with Crippen molar-refractivity contribution in [1.82, 2.24) is 9.97 Å². The van der Waals surface area contributed by atoms with Crippen LogP contribution in [0.5, 0.6) is 5.75 Å². The number of rotatable bonds is 2. The van der Waals surface area contributed by atoms with E-state index in [1.807, 2.05) is 0 Å². The second-order valence-electron chi connectivity index (χ2n) is 4.56. The Balaban J connectivity index is 2.23. The Bertz CT molecular complexity index is 841. The maximum atomic E-state index is 14.0. The third-order valence-electron chi connectivity index (χ3n) is 3.13. The van der Waals surface area contributed by atoms with Crippen LogP contribution < -0.4 is 0 Å². The summed E-state index contributed by atoms with van der Waals surface area (Å²) in [5.41, 5.74) is 1.55. The maximum Gasteiger partial charge on any atom is 0.172 e. The van der Waals surface area contributed by atoms with Crippen LogP contribution in [0.25, 0.3) is 22.4 Å². The van der Waals surface area contributed by atoms with Crippen LogP contribution in [0.4, 0.5) is 4.39 Å². The van der Waals surface area contributed by atoms with Crippen LogP contribution in [0, 0.1) is 5.82 Å². The second-order valence-corrected chi connectivity index (χ2v) is 5.35. The molecular formula is C16H9Cl2FN2O. The van der Waals surface area contributed by atoms with E-state index in [0.717, 1.165) is 0 Å². The molecule has 0 saturated carbocycles. The standard InChI is InChI=1S/C16H9Cl2FN2O/c17-10-3-4-13(19)12(6-10)14-7-11(15(22)16(18)21-14)9-2-1-5-20-8-9/h1-8,22H. The van der Waals surface area contributed by atoms with Gasteiger partial charge in [-0.25, -0.2) is 9.37 Å². The quantitative estimate of drug-likeness (QED) is 0.673. The lowest BCUT2D eigenvalue weighted by Crippen LogP contribution is -1.92. The highest BCUT2D eigenvalue weighted by atomic mass is 35.5. The number of pyridine rings is 2. The number of hydrogen-bond donors (Lipinski definition) is 1. The minimum absolute atomic E-state index is 0.115. The molecule has 0 aliphatic heterocycles. The summed E-state index contributed by atoms with van der Waals surface area (Å²) in [5, 5.41) is 10.4. The summed E-state index contributed by atoms with van der Waals surface area (Å²) < 4.78 is 14.0. The third-order valence-corrected chi connectivity index (χ3v) is 3.63. The first kappa shape index (κ1) is 14.8. The number of aromatic hydroxyl groups is 1. The van der Waals surface area contributed by atoms with Crippen LogP contribution in [0.2, 0.25) is 10.2 Å². The van der Waals surface area contributed by atoms with Gasteiger partial charge in [-0.2, -0.15) is 0 Å². The lowest BCUT2D eigenvalue weighted by atomic mass is 10.0. The average molecular weight is 335 g/mol. The minimum Gasteiger partial charge on any atom is -0.504 e. The van der Waals surface area contributed by atoms with Gasteiger partial charge in [0.1, 0.15) is 5.82 Å². The molecule has 3 rings (SSSR count). The van der Waals surface area contributed by atoms with Crippen LogP contribution >= 0.6 is 23.2 Å². The number of hydrogen-bond acceptors (Lipinski definition) is 3. The largest absolute Gasteiger partial charge is 0.504 e. The second kappa shape index (κ2) is 5.91. The Hall–Kier alpha value is -2.17. The van der Waals surface area contributed by atoms with Gasteiger partial charge in [-0.1, -0.05) is 29.3 Å². The molecule has 22 heavy (non-hydrogen) atoms. The molecular weight excluding hydrogens is 326 g/mol. The van der Waals surface area contributed by atoms with Crippen molar-refractivity contribution in [2.45, 2.75) is 0 Å². The highest BCUT2D eigenvalue weighted by Gasteiger charge is 2.15. The molecule has 0 amide bonds. The molecule has 3 nitrogen and oxygen atoms in total. The normalized spacial score (nSPS) is 10.7. The predicted octanol–water partition coefficient (Wildman–Crippen LogP) is 4.96. The first-order valence-corrected chi connectivity index (χ1v) is 7.07. The Kier molecular flexibility index (Phi) is 3.96. The lowest BCUT2D eigenvalue weighted by molar-refractivity contribution is 0.475. The summed E-state index contributed by atoms with van der Waals surface area (Å²) in [6.45, 7) is 0. The zero-order chi connectivity index (χ0) is 15.7. The number of nitrogens with zero attached hydrogens (tertiary/aromatic N) is 2. The van der Waals surface area contributed by atoms with Gasteiger partial charge in [0.15, 0.2) is 10.9 Å². The molecule has 0 atom stereocenters. The van der Waals surface area contributed by atoms with Crippen molar-refractivity contribution in [1.29, 1.82) is 0 Å². The third kappa shape index (κ3) is 2.75. The molecule has 0 radical (unpaired) electrons. The van der Waals surface area contributed by atoms with Crippen molar-refractivity contribution in [2.75, 3.05) is 0 Å². The highest BCUT2D eigenvalue weighted by molar-refractivity contribution is 6.31. The Labute approximate surface area is 136 Å². The first-order valence-electron chi connectivity index (χ1n) is 6.31. The van der Waals surface area contributed by atoms with Gasteiger partial charge < -0.3 is 5.11 Å². The fourth-order valence-electron chi connectivity index (χ4n) is 2.08. The monoisotopic (exact) mass is 334 g/mol. The van der Waals surface area contributed by atoms with Gasteiger partial charge in [0, 0.05) is 34.1 Å². The molecule has 6 heteroatoms. The van der Waals surface area contributed by atoms with Gasteiger partial charge in [0.2, 0.25) is 0 Å². The summed E-state index contributed by atoms with van der Waals surface area (Å²) in [6, 6.07) is 9.19. The number of aromatic nitrogens is 2. The molecule has 0 saturated heterocycles. The highest BCUT2D eigenvalue weighted by Crippen LogP contribution is 2.37. The molecule has 1 N–H and O–H groups in total. The van der Waals surface area contributed by atoms with Gasteiger partial charge in [0.25, 0.3) is 0 Å². The van der Waals surface area contributed by atoms with E-state index < -0.39 is 5.82 Å². The molecule has 1 aromatic carbocycles. The van der Waals surface area contributed by atoms with Gasteiger partial charge in [-0.3, -0.25) is 4.98 Å². The molecule has 0 unspecified atom stereocenters. The van der Waals surface area contributed by atoms with E-state index in [1.165, 1.54) is 18.2 Å². The molecule has 0 fully saturated rings. The van der Waals surface area contributed by atoms with E-state index >= 15 is 0 Å². The molecule has 110 valence electrons. The minimum atomic E-state index is -0.476. The average Bonchev–Trinajstić information content (AvgIpc) is 2.53. The van der Waals surface area contributed by atoms with Crippen LogP contribution in [0.1, 0.15) is 0 Å². The molecule has 3 aromatic rings. The summed E-state index contributed by atoms with van der Waals surface area (Å²) in [6.07, 6.45) is 3.18. The molecule has 2 heterocycles. The van der Waals surface area contributed by atoms with E-state index in [0.29, 0.717) is 16.1 Å². The maximum absolute atomic E-state index is 14.0. The van der Waals surface area contributed by atoms with E-state index in [9.17, 15) is 9.50 Å². The lowest BCUT2D eigenvalue weighted by Gasteiger charge is -2.10. The molecule has 0 bridgehead atoms. The van der Waals surface area contributed by atoms with Crippen LogP contribution in [-0.4, -0.2) is 15.1 Å². The zero-order valence-corrected chi connectivity index (χ0v) is 12.6. The van der Waals surface area contributed by atoms with E-state index in [1.54, 1.807) is 30.6 Å². The fourth-order valence-corrected chi connectivity index (χ4v) is 2.45. The van der Waals surface area contributed by atoms with E-state index in [-0.39, 0.29) is 22.2 Å². The van der Waals surface area contributed by atoms with Crippen LogP contribution in [-0.2, 0) is 0 Å². The summed E-state index contributed by atoms with van der Waals surface area (Å²) >= 11 is 11.9. The van der Waals surface area contributed by atoms with Gasteiger partial charge in [-0.05, 0) is 30.3 Å². The first-order chi connectivity index (χ1) is 10.6. The summed E-state index contributed by atoms with van der Waals surface area (Å²) in [7, 11) is 0. The molecule has 0 aliphatic carbocycles. The Morgan fingerprint density at radius 3 is 2.59 bits per heavy atom. The van der Waals surface area contributed by atoms with E-state index in [2.05, 4.69) is 9.97 Å². The van der Waals surface area contributed by atoms with E-state index in [4.69, 9.17) is 23.2 Å². The van der Waals surface area contributed by atoms with Crippen LogP contribution in [0.15, 0.2) is 48.8 Å². The van der Waals surface area contributed by atoms with Crippen molar-refractivity contribution in [3.8, 4) is 28.1 Å². The summed E-state index contributed by atoms with van der Waals surface area (Å²) in [4.78, 5) is 8.02. The number of halogens is 3. The topological polar surface area (TPSA) is 46.0 Å². The van der Waals surface area contributed by atoms with Crippen molar-refractivity contribution in [3.63, 3.8) is 0 Å². The molecule has 0 aliphatic rings.